The van der Waals surface area contributed by atoms with Crippen LogP contribution in [0.3, 0.4) is 0 Å². The highest BCUT2D eigenvalue weighted by molar-refractivity contribution is 7.89. The van der Waals surface area contributed by atoms with Crippen LogP contribution in [-0.2, 0) is 27.4 Å². The summed E-state index contributed by atoms with van der Waals surface area (Å²) in [4.78, 5) is -0.0720. The van der Waals surface area contributed by atoms with Gasteiger partial charge in [-0.3, -0.25) is 0 Å². The van der Waals surface area contributed by atoms with E-state index in [2.05, 4.69) is 4.40 Å². The van der Waals surface area contributed by atoms with Crippen molar-refractivity contribution in [2.75, 3.05) is 7.11 Å². The van der Waals surface area contributed by atoms with Gasteiger partial charge in [-0.2, -0.15) is 4.40 Å². The summed E-state index contributed by atoms with van der Waals surface area (Å²) in [6.45, 7) is 7.27. The minimum Gasteiger partial charge on any atom is -0.495 e. The normalized spacial score (nSPS) is 14.7. The van der Waals surface area contributed by atoms with E-state index in [4.69, 9.17) is 9.88 Å². The molecular formula is C14H22N2O4S2. The van der Waals surface area contributed by atoms with E-state index < -0.39 is 25.8 Å². The molecule has 0 fully saturated rings. The molecule has 6 nitrogen and oxygen atoms in total. The Bertz CT molecular complexity index is 704. The van der Waals surface area contributed by atoms with Gasteiger partial charge in [-0.25, -0.2) is 17.8 Å². The average Bonchev–Trinajstić information content (AvgIpc) is 2.36. The summed E-state index contributed by atoms with van der Waals surface area (Å²) in [5, 5.41) is 5.18. The van der Waals surface area contributed by atoms with Gasteiger partial charge in [0.1, 0.15) is 21.6 Å². The van der Waals surface area contributed by atoms with Crippen LogP contribution in [0.4, 0.5) is 0 Å². The zero-order valence-electron chi connectivity index (χ0n) is 13.4. The minimum atomic E-state index is -3.88. The average molecular weight is 346 g/mol. The third-order valence-corrected chi connectivity index (χ3v) is 5.21. The Labute approximate surface area is 134 Å². The maximum Gasteiger partial charge on any atom is 0.241 e. The first-order valence-corrected chi connectivity index (χ1v) is 9.26. The van der Waals surface area contributed by atoms with E-state index >= 15 is 0 Å². The number of nitrogens with zero attached hydrogens (tertiary/aromatic N) is 1. The van der Waals surface area contributed by atoms with Crippen LogP contribution in [0, 0.1) is 0 Å². The number of methoxy groups -OCH3 is 1. The Morgan fingerprint density at radius 3 is 2.41 bits per heavy atom. The molecule has 1 atom stereocenters. The number of ether oxygens (including phenoxy) is 1. The lowest BCUT2D eigenvalue weighted by Crippen LogP contribution is -2.21. The van der Waals surface area contributed by atoms with Gasteiger partial charge in [0.2, 0.25) is 10.0 Å². The molecule has 0 aromatic heterocycles. The van der Waals surface area contributed by atoms with Crippen molar-refractivity contribution in [3.05, 3.63) is 23.8 Å². The van der Waals surface area contributed by atoms with E-state index in [1.165, 1.54) is 13.2 Å². The smallest absolute Gasteiger partial charge is 0.241 e. The highest BCUT2D eigenvalue weighted by Crippen LogP contribution is 2.24. The maximum atomic E-state index is 12.0. The van der Waals surface area contributed by atoms with Gasteiger partial charge in [0, 0.05) is 12.1 Å². The molecule has 22 heavy (non-hydrogen) atoms. The highest BCUT2D eigenvalue weighted by Gasteiger charge is 2.19. The molecule has 0 radical (unpaired) electrons. The molecule has 0 spiro atoms. The third kappa shape index (κ3) is 5.19. The van der Waals surface area contributed by atoms with E-state index in [-0.39, 0.29) is 10.6 Å². The van der Waals surface area contributed by atoms with Crippen LogP contribution in [-0.4, -0.2) is 30.2 Å². The van der Waals surface area contributed by atoms with Crippen molar-refractivity contribution < 1.29 is 17.4 Å². The summed E-state index contributed by atoms with van der Waals surface area (Å²) >= 11 is 0. The van der Waals surface area contributed by atoms with Crippen molar-refractivity contribution in [2.45, 2.75) is 43.8 Å². The summed E-state index contributed by atoms with van der Waals surface area (Å²) < 4.78 is 43.9. The lowest BCUT2D eigenvalue weighted by Gasteiger charge is -2.14. The second-order valence-electron chi connectivity index (χ2n) is 5.90. The van der Waals surface area contributed by atoms with Crippen molar-refractivity contribution in [3.8, 4) is 5.75 Å². The van der Waals surface area contributed by atoms with E-state index in [0.717, 1.165) is 0 Å². The molecule has 0 aliphatic rings. The number of nitrogens with two attached hydrogens (primary N) is 1. The van der Waals surface area contributed by atoms with Gasteiger partial charge in [-0.15, -0.1) is 0 Å². The number of rotatable bonds is 5. The Morgan fingerprint density at radius 2 is 1.95 bits per heavy atom. The van der Waals surface area contributed by atoms with E-state index in [1.807, 2.05) is 20.8 Å². The summed E-state index contributed by atoms with van der Waals surface area (Å²) in [5.74, 6) is 0.194. The van der Waals surface area contributed by atoms with Crippen molar-refractivity contribution in [3.63, 3.8) is 0 Å². The zero-order valence-corrected chi connectivity index (χ0v) is 15.0. The molecular weight excluding hydrogens is 324 g/mol. The summed E-state index contributed by atoms with van der Waals surface area (Å²) in [5.41, 5.74) is 1.36. The fraction of sp³-hybridized carbons (Fsp3) is 0.500. The lowest BCUT2D eigenvalue weighted by molar-refractivity contribution is 0.402. The summed E-state index contributed by atoms with van der Waals surface area (Å²) in [6.07, 6.45) is 0.383. The van der Waals surface area contributed by atoms with Crippen LogP contribution in [0.25, 0.3) is 0 Å². The molecule has 0 heterocycles. The molecule has 8 heteroatoms. The summed E-state index contributed by atoms with van der Waals surface area (Å²) in [6, 6.07) is 4.73. The van der Waals surface area contributed by atoms with Crippen LogP contribution in [0.2, 0.25) is 0 Å². The molecule has 1 rings (SSSR count). The fourth-order valence-electron chi connectivity index (χ4n) is 1.66. The Hall–Kier alpha value is -1.25. The van der Waals surface area contributed by atoms with Gasteiger partial charge < -0.3 is 4.74 Å². The van der Waals surface area contributed by atoms with Crippen molar-refractivity contribution in [2.24, 2.45) is 9.54 Å². The molecule has 2 N–H and O–H groups in total. The molecule has 0 saturated carbocycles. The van der Waals surface area contributed by atoms with Gasteiger partial charge in [-0.1, -0.05) is 6.07 Å². The van der Waals surface area contributed by atoms with Crippen molar-refractivity contribution in [1.82, 2.24) is 0 Å². The van der Waals surface area contributed by atoms with E-state index in [1.54, 1.807) is 19.1 Å². The number of primary sulfonamides is 1. The largest absolute Gasteiger partial charge is 0.495 e. The van der Waals surface area contributed by atoms with Crippen molar-refractivity contribution in [1.29, 1.82) is 0 Å². The zero-order chi connectivity index (χ0) is 17.1. The topological polar surface area (TPSA) is 98.8 Å². The number of benzene rings is 1. The SMILES string of the molecule is COc1ccc(C/C(C)=N/S(=O)C(C)(C)C)cc1S(N)(=O)=O. The van der Waals surface area contributed by atoms with Crippen LogP contribution >= 0.6 is 0 Å². The Balaban J connectivity index is 3.10. The predicted octanol–water partition coefficient (Wildman–Crippen LogP) is 1.81. The molecule has 124 valence electrons. The molecule has 0 saturated heterocycles. The molecule has 0 aliphatic carbocycles. The van der Waals surface area contributed by atoms with Crippen LogP contribution in [0.15, 0.2) is 27.5 Å². The molecule has 0 aliphatic heterocycles. The third-order valence-electron chi connectivity index (χ3n) is 2.76. The van der Waals surface area contributed by atoms with Gasteiger partial charge in [0.25, 0.3) is 0 Å². The van der Waals surface area contributed by atoms with Crippen molar-refractivity contribution >= 4 is 26.7 Å². The first-order chi connectivity index (χ1) is 9.95. The first kappa shape index (κ1) is 18.8. The highest BCUT2D eigenvalue weighted by atomic mass is 32.2. The molecule has 0 bridgehead atoms. The van der Waals surface area contributed by atoms with Crippen LogP contribution in [0.1, 0.15) is 33.3 Å². The van der Waals surface area contributed by atoms with Gasteiger partial charge >= 0.3 is 0 Å². The number of hydrogen-bond donors (Lipinski definition) is 1. The predicted molar refractivity (Wildman–Crippen MR) is 89.1 cm³/mol. The maximum absolute atomic E-state index is 12.0. The van der Waals surface area contributed by atoms with Gasteiger partial charge in [-0.05, 0) is 45.4 Å². The Kier molecular flexibility index (Phi) is 5.89. The number of hydrogen-bond acceptors (Lipinski definition) is 4. The van der Waals surface area contributed by atoms with E-state index in [9.17, 15) is 12.6 Å². The standard InChI is InChI=1S/C14H22N2O4S2/c1-10(16-21(17)14(2,3)4)8-11-6-7-12(20-5)13(9-11)22(15,18)19/h6-7,9H,8H2,1-5H3,(H2,15,18,19)/b16-10+. The first-order valence-electron chi connectivity index (χ1n) is 6.61. The van der Waals surface area contributed by atoms with Crippen LogP contribution < -0.4 is 9.88 Å². The lowest BCUT2D eigenvalue weighted by atomic mass is 10.1. The molecule has 1 aromatic rings. The monoisotopic (exact) mass is 346 g/mol. The minimum absolute atomic E-state index is 0.0720. The van der Waals surface area contributed by atoms with Gasteiger partial charge in [0.05, 0.1) is 11.9 Å². The quantitative estimate of drug-likeness (QED) is 0.822. The van der Waals surface area contributed by atoms with E-state index in [0.29, 0.717) is 17.7 Å². The fourth-order valence-corrected chi connectivity index (χ4v) is 3.03. The van der Waals surface area contributed by atoms with Crippen LogP contribution in [0.5, 0.6) is 5.75 Å². The number of sulfonamides is 1. The second-order valence-corrected chi connectivity index (χ2v) is 9.33. The molecule has 1 aromatic carbocycles. The second kappa shape index (κ2) is 6.89. The van der Waals surface area contributed by atoms with Gasteiger partial charge in [0.15, 0.2) is 0 Å². The molecule has 0 amide bonds. The Morgan fingerprint density at radius 1 is 1.36 bits per heavy atom. The molecule has 1 unspecified atom stereocenters. The summed E-state index contributed by atoms with van der Waals surface area (Å²) in [7, 11) is -3.85.